The van der Waals surface area contributed by atoms with Crippen LogP contribution < -0.4 is 25.8 Å². The van der Waals surface area contributed by atoms with Gasteiger partial charge in [0.2, 0.25) is 11.8 Å². The van der Waals surface area contributed by atoms with E-state index in [1.165, 1.54) is 24.3 Å². The number of anilines is 3. The molecule has 4 N–H and O–H groups in total. The van der Waals surface area contributed by atoms with Crippen LogP contribution in [-0.4, -0.2) is 23.9 Å². The summed E-state index contributed by atoms with van der Waals surface area (Å²) in [6.07, 6.45) is 2.51. The van der Waals surface area contributed by atoms with Crippen molar-refractivity contribution in [1.29, 1.82) is 0 Å². The fourth-order valence-electron chi connectivity index (χ4n) is 3.88. The molecular weight excluding hydrogens is 463 g/mol. The van der Waals surface area contributed by atoms with Crippen molar-refractivity contribution in [2.24, 2.45) is 5.41 Å². The van der Waals surface area contributed by atoms with Gasteiger partial charge in [0.1, 0.15) is 28.5 Å². The summed E-state index contributed by atoms with van der Waals surface area (Å²) in [6.45, 7) is 0. The van der Waals surface area contributed by atoms with E-state index in [0.29, 0.717) is 52.7 Å². The van der Waals surface area contributed by atoms with Crippen molar-refractivity contribution in [3.05, 3.63) is 78.7 Å². The molecule has 4 aromatic rings. The molecule has 1 saturated carbocycles. The van der Waals surface area contributed by atoms with Crippen LogP contribution in [0.5, 0.6) is 17.2 Å². The van der Waals surface area contributed by atoms with Crippen LogP contribution in [0.4, 0.5) is 21.5 Å². The van der Waals surface area contributed by atoms with Gasteiger partial charge in [-0.3, -0.25) is 14.6 Å². The van der Waals surface area contributed by atoms with Crippen LogP contribution >= 0.6 is 0 Å². The van der Waals surface area contributed by atoms with E-state index in [9.17, 15) is 14.0 Å². The van der Waals surface area contributed by atoms with Crippen LogP contribution in [0.3, 0.4) is 0 Å². The summed E-state index contributed by atoms with van der Waals surface area (Å²) >= 11 is 0. The molecule has 36 heavy (non-hydrogen) atoms. The monoisotopic (exact) mass is 486 g/mol. The number of carbonyl (C=O) groups excluding carboxylic acids is 2. The zero-order valence-corrected chi connectivity index (χ0v) is 19.4. The number of hydrogen-bond donors (Lipinski definition) is 3. The van der Waals surface area contributed by atoms with E-state index in [2.05, 4.69) is 15.6 Å². The highest BCUT2D eigenvalue weighted by Crippen LogP contribution is 2.47. The van der Waals surface area contributed by atoms with Crippen LogP contribution in [0.1, 0.15) is 12.8 Å². The van der Waals surface area contributed by atoms with E-state index in [1.54, 1.807) is 55.8 Å². The first-order valence-corrected chi connectivity index (χ1v) is 11.3. The molecule has 1 aliphatic carbocycles. The van der Waals surface area contributed by atoms with E-state index in [1.807, 2.05) is 0 Å². The van der Waals surface area contributed by atoms with Crippen molar-refractivity contribution in [3.8, 4) is 17.2 Å². The van der Waals surface area contributed by atoms with Crippen LogP contribution in [0.25, 0.3) is 10.9 Å². The standard InChI is InChI=1S/C27H23FN4O4/c1-35-24-14-20-22(15-21(24)29)30-13-10-23(20)36-19-8-6-18(7-9-19)32-26(34)27(11-12-27)25(33)31-17-4-2-16(28)3-5-17/h2-10,13-15H,11-12,29H2,1H3,(H,31,33)(H,32,34). The van der Waals surface area contributed by atoms with Gasteiger partial charge in [0.05, 0.1) is 18.3 Å². The topological polar surface area (TPSA) is 116 Å². The van der Waals surface area contributed by atoms with E-state index in [0.717, 1.165) is 5.39 Å². The van der Waals surface area contributed by atoms with Crippen molar-refractivity contribution in [3.63, 3.8) is 0 Å². The number of carbonyl (C=O) groups is 2. The molecule has 1 fully saturated rings. The number of fused-ring (bicyclic) bond motifs is 1. The third kappa shape index (κ3) is 4.50. The molecule has 0 spiro atoms. The molecule has 182 valence electrons. The molecule has 8 nitrogen and oxygen atoms in total. The van der Waals surface area contributed by atoms with Gasteiger partial charge in [0, 0.05) is 23.0 Å². The number of ether oxygens (including phenoxy) is 2. The number of nitrogens with two attached hydrogens (primary N) is 1. The van der Waals surface area contributed by atoms with Gasteiger partial charge >= 0.3 is 0 Å². The van der Waals surface area contributed by atoms with Gasteiger partial charge in [0.25, 0.3) is 0 Å². The Bertz CT molecular complexity index is 1450. The Labute approximate surface area is 206 Å². The maximum absolute atomic E-state index is 13.1. The van der Waals surface area contributed by atoms with Gasteiger partial charge in [-0.2, -0.15) is 0 Å². The predicted octanol–water partition coefficient (Wildman–Crippen LogP) is 5.11. The fourth-order valence-corrected chi connectivity index (χ4v) is 3.88. The van der Waals surface area contributed by atoms with Crippen LogP contribution in [0.2, 0.25) is 0 Å². The molecule has 5 rings (SSSR count). The molecule has 0 aliphatic heterocycles. The molecule has 0 radical (unpaired) electrons. The van der Waals surface area contributed by atoms with Crippen LogP contribution in [0, 0.1) is 11.2 Å². The summed E-state index contributed by atoms with van der Waals surface area (Å²) in [4.78, 5) is 30.0. The maximum Gasteiger partial charge on any atom is 0.240 e. The Morgan fingerprint density at radius 1 is 0.917 bits per heavy atom. The van der Waals surface area contributed by atoms with E-state index in [4.69, 9.17) is 15.2 Å². The minimum atomic E-state index is -1.14. The Morgan fingerprint density at radius 3 is 2.11 bits per heavy atom. The molecule has 1 heterocycles. The highest BCUT2D eigenvalue weighted by molar-refractivity contribution is 6.16. The molecular formula is C27H23FN4O4. The van der Waals surface area contributed by atoms with Crippen molar-refractivity contribution in [2.45, 2.75) is 12.8 Å². The Morgan fingerprint density at radius 2 is 1.53 bits per heavy atom. The number of aromatic nitrogens is 1. The van der Waals surface area contributed by atoms with Crippen molar-refractivity contribution in [1.82, 2.24) is 4.98 Å². The third-order valence-corrected chi connectivity index (χ3v) is 6.11. The summed E-state index contributed by atoms with van der Waals surface area (Å²) in [6, 6.07) is 17.5. The van der Waals surface area contributed by atoms with Gasteiger partial charge in [-0.25, -0.2) is 4.39 Å². The van der Waals surface area contributed by atoms with Gasteiger partial charge in [-0.05, 0) is 79.6 Å². The minimum absolute atomic E-state index is 0.388. The van der Waals surface area contributed by atoms with E-state index < -0.39 is 17.1 Å². The maximum atomic E-state index is 13.1. The Balaban J connectivity index is 1.27. The zero-order chi connectivity index (χ0) is 25.3. The zero-order valence-electron chi connectivity index (χ0n) is 19.4. The molecule has 0 bridgehead atoms. The van der Waals surface area contributed by atoms with Gasteiger partial charge in [-0.1, -0.05) is 0 Å². The SMILES string of the molecule is COc1cc2c(Oc3ccc(NC(=O)C4(C(=O)Nc5ccc(F)cc5)CC4)cc3)ccnc2cc1N. The van der Waals surface area contributed by atoms with E-state index in [-0.39, 0.29) is 5.91 Å². The predicted molar refractivity (Wildman–Crippen MR) is 135 cm³/mol. The summed E-state index contributed by atoms with van der Waals surface area (Å²) in [5.74, 6) is 0.445. The summed E-state index contributed by atoms with van der Waals surface area (Å²) < 4.78 is 24.5. The molecule has 2 amide bonds. The number of nitrogen functional groups attached to an aromatic ring is 1. The van der Waals surface area contributed by atoms with Gasteiger partial charge in [0.15, 0.2) is 0 Å². The summed E-state index contributed by atoms with van der Waals surface area (Å²) in [5.41, 5.74) is 6.95. The molecule has 1 aliphatic rings. The average Bonchev–Trinajstić information content (AvgIpc) is 3.69. The lowest BCUT2D eigenvalue weighted by molar-refractivity contribution is -0.131. The number of amides is 2. The number of halogens is 1. The number of hydrogen-bond acceptors (Lipinski definition) is 6. The second-order valence-corrected chi connectivity index (χ2v) is 8.54. The molecule has 0 saturated heterocycles. The quantitative estimate of drug-likeness (QED) is 0.247. The normalized spacial score (nSPS) is 13.6. The highest BCUT2D eigenvalue weighted by Gasteiger charge is 2.56. The number of nitrogens with zero attached hydrogens (tertiary/aromatic N) is 1. The van der Waals surface area contributed by atoms with Gasteiger partial charge < -0.3 is 25.8 Å². The number of nitrogens with one attached hydrogen (secondary N) is 2. The number of benzene rings is 3. The smallest absolute Gasteiger partial charge is 0.240 e. The van der Waals surface area contributed by atoms with Gasteiger partial charge in [-0.15, -0.1) is 0 Å². The fraction of sp³-hybridized carbons (Fsp3) is 0.148. The largest absolute Gasteiger partial charge is 0.495 e. The first-order chi connectivity index (χ1) is 17.4. The van der Waals surface area contributed by atoms with Crippen LogP contribution in [0.15, 0.2) is 72.9 Å². The molecule has 0 unspecified atom stereocenters. The Hall–Kier alpha value is -4.66. The summed E-state index contributed by atoms with van der Waals surface area (Å²) in [7, 11) is 1.54. The second-order valence-electron chi connectivity index (χ2n) is 8.54. The first-order valence-electron chi connectivity index (χ1n) is 11.3. The second kappa shape index (κ2) is 9.18. The third-order valence-electron chi connectivity index (χ3n) is 6.11. The van der Waals surface area contributed by atoms with Crippen LogP contribution in [-0.2, 0) is 9.59 Å². The Kier molecular flexibility index (Phi) is 5.89. The highest BCUT2D eigenvalue weighted by atomic mass is 19.1. The lowest BCUT2D eigenvalue weighted by Crippen LogP contribution is -2.35. The molecule has 9 heteroatoms. The number of methoxy groups -OCH3 is 1. The minimum Gasteiger partial charge on any atom is -0.495 e. The lowest BCUT2D eigenvalue weighted by Gasteiger charge is -2.16. The molecule has 0 atom stereocenters. The lowest BCUT2D eigenvalue weighted by atomic mass is 10.0. The van der Waals surface area contributed by atoms with Crippen molar-refractivity contribution in [2.75, 3.05) is 23.5 Å². The number of rotatable bonds is 7. The first kappa shape index (κ1) is 23.1. The van der Waals surface area contributed by atoms with E-state index >= 15 is 0 Å². The average molecular weight is 487 g/mol. The van der Waals surface area contributed by atoms with Crippen molar-refractivity contribution >= 4 is 39.8 Å². The summed E-state index contributed by atoms with van der Waals surface area (Å²) in [5, 5.41) is 6.24. The van der Waals surface area contributed by atoms with Crippen molar-refractivity contribution < 1.29 is 23.5 Å². The molecule has 3 aromatic carbocycles. The number of pyridine rings is 1. The molecule has 1 aromatic heterocycles.